The highest BCUT2D eigenvalue weighted by atomic mass is 15.6. The zero-order chi connectivity index (χ0) is 8.10. The summed E-state index contributed by atoms with van der Waals surface area (Å²) < 4.78 is 0. The first-order valence-corrected chi connectivity index (χ1v) is 4.51. The van der Waals surface area contributed by atoms with Gasteiger partial charge in [0.15, 0.2) is 0 Å². The fourth-order valence-corrected chi connectivity index (χ4v) is 1.46. The van der Waals surface area contributed by atoms with E-state index < -0.39 is 0 Å². The molecule has 0 aromatic carbocycles. The van der Waals surface area contributed by atoms with E-state index in [1.54, 1.807) is 0 Å². The van der Waals surface area contributed by atoms with E-state index in [1.807, 2.05) is 0 Å². The highest BCUT2D eigenvalue weighted by molar-refractivity contribution is 4.64. The molecule has 0 aliphatic carbocycles. The molecule has 0 aromatic heterocycles. The molecule has 0 bridgehead atoms. The normalized spacial score (nSPS) is 21.0. The lowest BCUT2D eigenvalue weighted by molar-refractivity contribution is -0.0100. The van der Waals surface area contributed by atoms with Crippen molar-refractivity contribution in [3.05, 3.63) is 0 Å². The molecule has 1 aliphatic rings. The van der Waals surface area contributed by atoms with E-state index in [0.717, 1.165) is 26.2 Å². The van der Waals surface area contributed by atoms with Gasteiger partial charge in [0.1, 0.15) is 0 Å². The second-order valence-corrected chi connectivity index (χ2v) is 3.08. The SMILES string of the molecule is CCCN(C)N1CCNCC1. The molecule has 0 atom stereocenters. The maximum Gasteiger partial charge on any atom is 0.0259 e. The van der Waals surface area contributed by atoms with E-state index in [2.05, 4.69) is 29.3 Å². The Morgan fingerprint density at radius 1 is 1.36 bits per heavy atom. The van der Waals surface area contributed by atoms with E-state index in [0.29, 0.717) is 0 Å². The van der Waals surface area contributed by atoms with Crippen molar-refractivity contribution >= 4 is 0 Å². The van der Waals surface area contributed by atoms with Crippen molar-refractivity contribution in [2.24, 2.45) is 0 Å². The molecule has 0 saturated carbocycles. The summed E-state index contributed by atoms with van der Waals surface area (Å²) in [5, 5.41) is 8.09. The minimum atomic E-state index is 1.13. The lowest BCUT2D eigenvalue weighted by Crippen LogP contribution is -2.51. The van der Waals surface area contributed by atoms with Crippen molar-refractivity contribution in [1.29, 1.82) is 0 Å². The predicted octanol–water partition coefficient (Wildman–Crippen LogP) is 0.148. The molecule has 1 N–H and O–H groups in total. The quantitative estimate of drug-likeness (QED) is 0.629. The molecule has 1 rings (SSSR count). The first-order chi connectivity index (χ1) is 5.34. The maximum absolute atomic E-state index is 3.34. The van der Waals surface area contributed by atoms with E-state index in [4.69, 9.17) is 0 Å². The Bertz CT molecular complexity index is 99.5. The number of nitrogens with zero attached hydrogens (tertiary/aromatic N) is 2. The molecule has 66 valence electrons. The minimum absolute atomic E-state index is 1.13. The van der Waals surface area contributed by atoms with E-state index >= 15 is 0 Å². The third-order valence-electron chi connectivity index (χ3n) is 2.12. The molecule has 0 amide bonds. The van der Waals surface area contributed by atoms with Gasteiger partial charge in [-0.05, 0) is 6.42 Å². The van der Waals surface area contributed by atoms with Gasteiger partial charge >= 0.3 is 0 Å². The van der Waals surface area contributed by atoms with Crippen LogP contribution in [0.5, 0.6) is 0 Å². The lowest BCUT2D eigenvalue weighted by Gasteiger charge is -2.34. The van der Waals surface area contributed by atoms with Crippen LogP contribution in [-0.4, -0.2) is 49.8 Å². The zero-order valence-electron chi connectivity index (χ0n) is 7.64. The first kappa shape index (κ1) is 8.97. The molecule has 3 heteroatoms. The molecule has 1 aliphatic heterocycles. The Morgan fingerprint density at radius 3 is 2.55 bits per heavy atom. The van der Waals surface area contributed by atoms with Crippen LogP contribution in [0.15, 0.2) is 0 Å². The van der Waals surface area contributed by atoms with Crippen LogP contribution in [0.3, 0.4) is 0 Å². The Kier molecular flexibility index (Phi) is 3.83. The molecule has 11 heavy (non-hydrogen) atoms. The number of hydrogen-bond acceptors (Lipinski definition) is 3. The Morgan fingerprint density at radius 2 is 2.00 bits per heavy atom. The standard InChI is InChI=1S/C8H19N3/c1-3-6-10(2)11-7-4-9-5-8-11/h9H,3-8H2,1-2H3. The molecule has 1 fully saturated rings. The molecular formula is C8H19N3. The fourth-order valence-electron chi connectivity index (χ4n) is 1.46. The summed E-state index contributed by atoms with van der Waals surface area (Å²) in [7, 11) is 2.18. The first-order valence-electron chi connectivity index (χ1n) is 4.51. The summed E-state index contributed by atoms with van der Waals surface area (Å²) >= 11 is 0. The van der Waals surface area contributed by atoms with Gasteiger partial charge in [0.2, 0.25) is 0 Å². The lowest BCUT2D eigenvalue weighted by atomic mass is 10.4. The van der Waals surface area contributed by atoms with Crippen molar-refractivity contribution in [3.63, 3.8) is 0 Å². The molecular weight excluding hydrogens is 138 g/mol. The van der Waals surface area contributed by atoms with Crippen LogP contribution in [-0.2, 0) is 0 Å². The number of hydrogen-bond donors (Lipinski definition) is 1. The van der Waals surface area contributed by atoms with Crippen LogP contribution in [0, 0.1) is 0 Å². The molecule has 0 spiro atoms. The van der Waals surface area contributed by atoms with Gasteiger partial charge in [-0.1, -0.05) is 6.92 Å². The Hall–Kier alpha value is -0.120. The van der Waals surface area contributed by atoms with Gasteiger partial charge in [0.25, 0.3) is 0 Å². The molecule has 0 unspecified atom stereocenters. The fraction of sp³-hybridized carbons (Fsp3) is 1.00. The smallest absolute Gasteiger partial charge is 0.0259 e. The number of piperazine rings is 1. The highest BCUT2D eigenvalue weighted by Crippen LogP contribution is 1.97. The van der Waals surface area contributed by atoms with Crippen molar-refractivity contribution < 1.29 is 0 Å². The second-order valence-electron chi connectivity index (χ2n) is 3.08. The summed E-state index contributed by atoms with van der Waals surface area (Å²) in [6, 6.07) is 0. The van der Waals surface area contributed by atoms with Gasteiger partial charge < -0.3 is 5.32 Å². The summed E-state index contributed by atoms with van der Waals surface area (Å²) in [5.41, 5.74) is 0. The summed E-state index contributed by atoms with van der Waals surface area (Å²) in [6.45, 7) is 7.99. The van der Waals surface area contributed by atoms with Crippen LogP contribution >= 0.6 is 0 Å². The van der Waals surface area contributed by atoms with Crippen LogP contribution in [0.1, 0.15) is 13.3 Å². The van der Waals surface area contributed by atoms with E-state index in [9.17, 15) is 0 Å². The van der Waals surface area contributed by atoms with Crippen molar-refractivity contribution in [1.82, 2.24) is 15.3 Å². The van der Waals surface area contributed by atoms with Gasteiger partial charge in [0.05, 0.1) is 0 Å². The molecule has 1 heterocycles. The number of hydrazine groups is 1. The molecule has 0 aromatic rings. The van der Waals surface area contributed by atoms with Gasteiger partial charge in [-0.3, -0.25) is 0 Å². The van der Waals surface area contributed by atoms with Crippen molar-refractivity contribution in [2.75, 3.05) is 39.8 Å². The maximum atomic E-state index is 3.34. The predicted molar refractivity (Wildman–Crippen MR) is 47.4 cm³/mol. The van der Waals surface area contributed by atoms with Crippen LogP contribution in [0.25, 0.3) is 0 Å². The topological polar surface area (TPSA) is 18.5 Å². The van der Waals surface area contributed by atoms with Crippen molar-refractivity contribution in [3.8, 4) is 0 Å². The van der Waals surface area contributed by atoms with E-state index in [-0.39, 0.29) is 0 Å². The summed E-state index contributed by atoms with van der Waals surface area (Å²) in [4.78, 5) is 0. The van der Waals surface area contributed by atoms with Gasteiger partial charge in [-0.2, -0.15) is 0 Å². The highest BCUT2D eigenvalue weighted by Gasteiger charge is 2.12. The minimum Gasteiger partial charge on any atom is -0.314 e. The third kappa shape index (κ3) is 2.77. The summed E-state index contributed by atoms with van der Waals surface area (Å²) in [6.07, 6.45) is 1.24. The van der Waals surface area contributed by atoms with Crippen LogP contribution < -0.4 is 5.32 Å². The summed E-state index contributed by atoms with van der Waals surface area (Å²) in [5.74, 6) is 0. The Labute approximate surface area is 69.3 Å². The van der Waals surface area contributed by atoms with Crippen LogP contribution in [0.4, 0.5) is 0 Å². The van der Waals surface area contributed by atoms with Crippen LogP contribution in [0.2, 0.25) is 0 Å². The monoisotopic (exact) mass is 157 g/mol. The zero-order valence-corrected chi connectivity index (χ0v) is 7.64. The van der Waals surface area contributed by atoms with Gasteiger partial charge in [0, 0.05) is 39.8 Å². The molecule has 3 nitrogen and oxygen atoms in total. The average Bonchev–Trinajstić information content (AvgIpc) is 2.07. The molecule has 0 radical (unpaired) electrons. The van der Waals surface area contributed by atoms with Gasteiger partial charge in [-0.25, -0.2) is 10.0 Å². The number of rotatable bonds is 3. The largest absolute Gasteiger partial charge is 0.314 e. The average molecular weight is 157 g/mol. The number of nitrogens with one attached hydrogen (secondary N) is 1. The van der Waals surface area contributed by atoms with E-state index in [1.165, 1.54) is 13.0 Å². The third-order valence-corrected chi connectivity index (χ3v) is 2.12. The van der Waals surface area contributed by atoms with Crippen molar-refractivity contribution in [2.45, 2.75) is 13.3 Å². The Balaban J connectivity index is 2.21. The van der Waals surface area contributed by atoms with Gasteiger partial charge in [-0.15, -0.1) is 0 Å². The second kappa shape index (κ2) is 4.70. The molecule has 1 saturated heterocycles.